The van der Waals surface area contributed by atoms with Crippen LogP contribution in [0.25, 0.3) is 0 Å². The standard InChI is InChI=1S/C12H10BrF2NO5/c1-21-9(17)4-8(12(19)20)16-11(18)10-6(14)2-5(13)3-7(10)15/h2-3,8H,4H2,1H3,(H,16,18)(H,19,20)/t8-/m0/s1. The first-order chi connectivity index (χ1) is 9.76. The van der Waals surface area contributed by atoms with Crippen LogP contribution in [-0.4, -0.2) is 36.1 Å². The first kappa shape index (κ1) is 17.0. The lowest BCUT2D eigenvalue weighted by Gasteiger charge is -2.14. The molecule has 0 spiro atoms. The van der Waals surface area contributed by atoms with Crippen LogP contribution in [0.2, 0.25) is 0 Å². The summed E-state index contributed by atoms with van der Waals surface area (Å²) in [6, 6.07) is 0.0506. The Morgan fingerprint density at radius 1 is 1.33 bits per heavy atom. The van der Waals surface area contributed by atoms with Gasteiger partial charge < -0.3 is 15.2 Å². The van der Waals surface area contributed by atoms with Crippen molar-refractivity contribution in [2.45, 2.75) is 12.5 Å². The van der Waals surface area contributed by atoms with Crippen LogP contribution in [0, 0.1) is 11.6 Å². The summed E-state index contributed by atoms with van der Waals surface area (Å²) in [7, 11) is 1.04. The first-order valence-corrected chi connectivity index (χ1v) is 6.30. The number of carbonyl (C=O) groups excluding carboxylic acids is 2. The van der Waals surface area contributed by atoms with Gasteiger partial charge in [-0.05, 0) is 12.1 Å². The van der Waals surface area contributed by atoms with Crippen LogP contribution in [0.1, 0.15) is 16.8 Å². The molecule has 0 aliphatic carbocycles. The number of carbonyl (C=O) groups is 3. The number of carboxylic acids is 1. The number of nitrogens with one attached hydrogen (secondary N) is 1. The number of rotatable bonds is 5. The van der Waals surface area contributed by atoms with E-state index in [4.69, 9.17) is 5.11 Å². The van der Waals surface area contributed by atoms with Crippen molar-refractivity contribution in [3.8, 4) is 0 Å². The second-order valence-corrected chi connectivity index (χ2v) is 4.80. The van der Waals surface area contributed by atoms with Gasteiger partial charge in [-0.25, -0.2) is 13.6 Å². The molecule has 0 aliphatic rings. The molecule has 2 N–H and O–H groups in total. The monoisotopic (exact) mass is 365 g/mol. The quantitative estimate of drug-likeness (QED) is 0.770. The normalized spacial score (nSPS) is 11.6. The average Bonchev–Trinajstić information content (AvgIpc) is 2.36. The highest BCUT2D eigenvalue weighted by Crippen LogP contribution is 2.19. The Hall–Kier alpha value is -2.03. The average molecular weight is 366 g/mol. The van der Waals surface area contributed by atoms with Gasteiger partial charge in [-0.3, -0.25) is 9.59 Å². The van der Waals surface area contributed by atoms with Crippen molar-refractivity contribution < 1.29 is 33.0 Å². The molecule has 114 valence electrons. The van der Waals surface area contributed by atoms with Crippen LogP contribution in [0.4, 0.5) is 8.78 Å². The lowest BCUT2D eigenvalue weighted by Crippen LogP contribution is -2.43. The number of halogens is 3. The molecule has 1 amide bonds. The van der Waals surface area contributed by atoms with Gasteiger partial charge in [-0.2, -0.15) is 0 Å². The van der Waals surface area contributed by atoms with E-state index in [1.807, 2.05) is 5.32 Å². The van der Waals surface area contributed by atoms with E-state index in [9.17, 15) is 23.2 Å². The molecule has 21 heavy (non-hydrogen) atoms. The smallest absolute Gasteiger partial charge is 0.326 e. The van der Waals surface area contributed by atoms with Crippen LogP contribution in [0.5, 0.6) is 0 Å². The van der Waals surface area contributed by atoms with Gasteiger partial charge in [0.25, 0.3) is 5.91 Å². The molecule has 0 fully saturated rings. The Bertz CT molecular complexity index is 570. The largest absolute Gasteiger partial charge is 0.480 e. The van der Waals surface area contributed by atoms with E-state index in [0.717, 1.165) is 19.2 Å². The summed E-state index contributed by atoms with van der Waals surface area (Å²) in [5.74, 6) is -6.04. The molecule has 1 atom stereocenters. The predicted molar refractivity (Wildman–Crippen MR) is 69.6 cm³/mol. The van der Waals surface area contributed by atoms with Gasteiger partial charge in [-0.15, -0.1) is 0 Å². The minimum Gasteiger partial charge on any atom is -0.480 e. The van der Waals surface area contributed by atoms with Crippen molar-refractivity contribution in [3.63, 3.8) is 0 Å². The summed E-state index contributed by atoms with van der Waals surface area (Å²) in [5, 5.41) is 10.7. The number of amides is 1. The SMILES string of the molecule is COC(=O)C[C@H](NC(=O)c1c(F)cc(Br)cc1F)C(=O)O. The number of hydrogen-bond acceptors (Lipinski definition) is 4. The van der Waals surface area contributed by atoms with Gasteiger partial charge in [0.15, 0.2) is 0 Å². The molecule has 0 aliphatic heterocycles. The van der Waals surface area contributed by atoms with E-state index in [1.54, 1.807) is 0 Å². The molecule has 1 aromatic rings. The highest BCUT2D eigenvalue weighted by Gasteiger charge is 2.27. The molecule has 0 aromatic heterocycles. The Kier molecular flexibility index (Phi) is 5.77. The summed E-state index contributed by atoms with van der Waals surface area (Å²) in [6.07, 6.45) is -0.669. The van der Waals surface area contributed by atoms with Crippen molar-refractivity contribution >= 4 is 33.8 Å². The number of aliphatic carboxylic acids is 1. The topological polar surface area (TPSA) is 92.7 Å². The third kappa shape index (κ3) is 4.48. The Balaban J connectivity index is 2.98. The Labute approximate surface area is 126 Å². The van der Waals surface area contributed by atoms with E-state index >= 15 is 0 Å². The molecule has 0 bridgehead atoms. The summed E-state index contributed by atoms with van der Waals surface area (Å²) in [4.78, 5) is 33.7. The van der Waals surface area contributed by atoms with Crippen molar-refractivity contribution in [3.05, 3.63) is 33.8 Å². The van der Waals surface area contributed by atoms with E-state index in [1.165, 1.54) is 0 Å². The van der Waals surface area contributed by atoms with Gasteiger partial charge >= 0.3 is 11.9 Å². The van der Waals surface area contributed by atoms with Crippen LogP contribution < -0.4 is 5.32 Å². The van der Waals surface area contributed by atoms with Gasteiger partial charge in [0, 0.05) is 4.47 Å². The third-order valence-corrected chi connectivity index (χ3v) is 2.89. The Morgan fingerprint density at radius 2 is 1.86 bits per heavy atom. The van der Waals surface area contributed by atoms with Crippen molar-refractivity contribution in [2.75, 3.05) is 7.11 Å². The lowest BCUT2D eigenvalue weighted by molar-refractivity contribution is -0.147. The van der Waals surface area contributed by atoms with E-state index in [-0.39, 0.29) is 4.47 Å². The fourth-order valence-corrected chi connectivity index (χ4v) is 1.84. The minimum absolute atomic E-state index is 0.0818. The molecule has 1 aromatic carbocycles. The highest BCUT2D eigenvalue weighted by atomic mass is 79.9. The number of carboxylic acid groups (broad SMARTS) is 1. The minimum atomic E-state index is -1.66. The number of esters is 1. The summed E-state index contributed by atoms with van der Waals surface area (Å²) in [5.41, 5.74) is -0.936. The molecule has 1 rings (SSSR count). The summed E-state index contributed by atoms with van der Waals surface area (Å²) >= 11 is 2.85. The first-order valence-electron chi connectivity index (χ1n) is 5.51. The molecule has 6 nitrogen and oxygen atoms in total. The molecule has 0 heterocycles. The maximum absolute atomic E-state index is 13.6. The van der Waals surface area contributed by atoms with Crippen molar-refractivity contribution in [2.24, 2.45) is 0 Å². The number of methoxy groups -OCH3 is 1. The molecular weight excluding hydrogens is 356 g/mol. The van der Waals surface area contributed by atoms with Gasteiger partial charge in [0.2, 0.25) is 0 Å². The predicted octanol–water partition coefficient (Wildman–Crippen LogP) is 1.47. The lowest BCUT2D eigenvalue weighted by atomic mass is 10.1. The number of benzene rings is 1. The summed E-state index contributed by atoms with van der Waals surface area (Å²) in [6.45, 7) is 0. The van der Waals surface area contributed by atoms with Crippen LogP contribution in [0.15, 0.2) is 16.6 Å². The fraction of sp³-hybridized carbons (Fsp3) is 0.250. The van der Waals surface area contributed by atoms with E-state index in [2.05, 4.69) is 20.7 Å². The molecule has 0 radical (unpaired) electrons. The van der Waals surface area contributed by atoms with E-state index < -0.39 is 47.5 Å². The van der Waals surface area contributed by atoms with Gasteiger partial charge in [0.1, 0.15) is 23.2 Å². The summed E-state index contributed by atoms with van der Waals surface area (Å²) < 4.78 is 31.5. The van der Waals surface area contributed by atoms with Gasteiger partial charge in [0.05, 0.1) is 13.5 Å². The number of hydrogen-bond donors (Lipinski definition) is 2. The maximum Gasteiger partial charge on any atom is 0.326 e. The zero-order valence-electron chi connectivity index (χ0n) is 10.7. The van der Waals surface area contributed by atoms with Crippen LogP contribution >= 0.6 is 15.9 Å². The molecule has 9 heteroatoms. The maximum atomic E-state index is 13.6. The zero-order chi connectivity index (χ0) is 16.2. The third-order valence-electron chi connectivity index (χ3n) is 2.44. The number of ether oxygens (including phenoxy) is 1. The second-order valence-electron chi connectivity index (χ2n) is 3.89. The van der Waals surface area contributed by atoms with Crippen molar-refractivity contribution in [1.82, 2.24) is 5.32 Å². The fourth-order valence-electron chi connectivity index (χ4n) is 1.44. The van der Waals surface area contributed by atoms with Gasteiger partial charge in [-0.1, -0.05) is 15.9 Å². The van der Waals surface area contributed by atoms with Crippen LogP contribution in [-0.2, 0) is 14.3 Å². The molecule has 0 unspecified atom stereocenters. The van der Waals surface area contributed by atoms with Crippen molar-refractivity contribution in [1.29, 1.82) is 0 Å². The zero-order valence-corrected chi connectivity index (χ0v) is 12.2. The molecule has 0 saturated heterocycles. The molecule has 0 saturated carbocycles. The van der Waals surface area contributed by atoms with Crippen LogP contribution in [0.3, 0.4) is 0 Å². The Morgan fingerprint density at radius 3 is 2.29 bits per heavy atom. The highest BCUT2D eigenvalue weighted by molar-refractivity contribution is 9.10. The second kappa shape index (κ2) is 7.11. The molecular formula is C12H10BrF2NO5. The van der Waals surface area contributed by atoms with E-state index in [0.29, 0.717) is 0 Å².